The van der Waals surface area contributed by atoms with Crippen LogP contribution in [0.5, 0.6) is 0 Å². The molecule has 50 valence electrons. The van der Waals surface area contributed by atoms with Crippen LogP contribution in [0.4, 0.5) is 0 Å². The van der Waals surface area contributed by atoms with Gasteiger partial charge in [0.05, 0.1) is 0 Å². The van der Waals surface area contributed by atoms with Crippen LogP contribution in [0, 0.1) is 0 Å². The van der Waals surface area contributed by atoms with E-state index < -0.39 is 0 Å². The average Bonchev–Trinajstić information content (AvgIpc) is 1.72. The molecule has 0 amide bonds. The SMILES string of the molecule is CCN(CC)CC.[B].[B]. The zero-order chi connectivity index (χ0) is 5.70. The standard InChI is InChI=1S/C6H15N.2B/c1-4-7(5-2)6-3;;/h4-6H2,1-3H3;;. The third-order valence-electron chi connectivity index (χ3n) is 1.34. The Morgan fingerprint density at radius 3 is 1.00 bits per heavy atom. The Hall–Kier alpha value is 0.0899. The fourth-order valence-corrected chi connectivity index (χ4v) is 0.671. The summed E-state index contributed by atoms with van der Waals surface area (Å²) < 4.78 is 0. The van der Waals surface area contributed by atoms with Gasteiger partial charge in [0.2, 0.25) is 0 Å². The summed E-state index contributed by atoms with van der Waals surface area (Å²) in [7, 11) is 0. The van der Waals surface area contributed by atoms with Crippen molar-refractivity contribution >= 4 is 16.8 Å². The van der Waals surface area contributed by atoms with E-state index >= 15 is 0 Å². The molecule has 0 heterocycles. The Balaban J connectivity index is -0.000000180. The molecular formula is C6H15B2N. The van der Waals surface area contributed by atoms with Crippen LogP contribution in [-0.2, 0) is 0 Å². The topological polar surface area (TPSA) is 3.24 Å². The Morgan fingerprint density at radius 1 is 0.778 bits per heavy atom. The van der Waals surface area contributed by atoms with E-state index in [4.69, 9.17) is 0 Å². The maximum atomic E-state index is 2.38. The van der Waals surface area contributed by atoms with Gasteiger partial charge < -0.3 is 4.90 Å². The molecule has 6 radical (unpaired) electrons. The average molecular weight is 123 g/mol. The number of rotatable bonds is 3. The lowest BCUT2D eigenvalue weighted by Gasteiger charge is -2.13. The second-order valence-electron chi connectivity index (χ2n) is 1.62. The van der Waals surface area contributed by atoms with Gasteiger partial charge in [0.15, 0.2) is 0 Å². The number of nitrogens with zero attached hydrogens (tertiary/aromatic N) is 1. The highest BCUT2D eigenvalue weighted by Gasteiger charge is 1.89. The summed E-state index contributed by atoms with van der Waals surface area (Å²) in [5.41, 5.74) is 0. The highest BCUT2D eigenvalue weighted by Crippen LogP contribution is 1.81. The third kappa shape index (κ3) is 8.09. The molecule has 0 aliphatic heterocycles. The van der Waals surface area contributed by atoms with E-state index in [-0.39, 0.29) is 16.8 Å². The van der Waals surface area contributed by atoms with E-state index in [1.54, 1.807) is 0 Å². The summed E-state index contributed by atoms with van der Waals surface area (Å²) in [6, 6.07) is 0. The van der Waals surface area contributed by atoms with E-state index in [1.807, 2.05) is 0 Å². The summed E-state index contributed by atoms with van der Waals surface area (Å²) in [6.07, 6.45) is 0. The second-order valence-corrected chi connectivity index (χ2v) is 1.62. The molecule has 0 saturated carbocycles. The Labute approximate surface area is 63.0 Å². The van der Waals surface area contributed by atoms with Crippen LogP contribution >= 0.6 is 0 Å². The summed E-state index contributed by atoms with van der Waals surface area (Å²) in [6.45, 7) is 10.1. The van der Waals surface area contributed by atoms with Crippen LogP contribution in [0.25, 0.3) is 0 Å². The molecule has 0 aliphatic rings. The minimum atomic E-state index is 0. The summed E-state index contributed by atoms with van der Waals surface area (Å²) in [5, 5.41) is 0. The van der Waals surface area contributed by atoms with Crippen molar-refractivity contribution in [1.82, 2.24) is 4.90 Å². The molecule has 0 saturated heterocycles. The lowest BCUT2D eigenvalue weighted by Crippen LogP contribution is -2.21. The first kappa shape index (κ1) is 16.0. The third-order valence-corrected chi connectivity index (χ3v) is 1.34. The van der Waals surface area contributed by atoms with Crippen LogP contribution in [0.2, 0.25) is 0 Å². The number of hydrogen-bond donors (Lipinski definition) is 0. The quantitative estimate of drug-likeness (QED) is 0.496. The normalized spacial score (nSPS) is 8.00. The lowest BCUT2D eigenvalue weighted by molar-refractivity contribution is 0.321. The zero-order valence-corrected chi connectivity index (χ0v) is 6.72. The van der Waals surface area contributed by atoms with Crippen LogP contribution < -0.4 is 0 Å². The van der Waals surface area contributed by atoms with Gasteiger partial charge in [-0.2, -0.15) is 0 Å². The fraction of sp³-hybridized carbons (Fsp3) is 1.00. The molecule has 0 rings (SSSR count). The van der Waals surface area contributed by atoms with Crippen molar-refractivity contribution in [2.24, 2.45) is 0 Å². The molecule has 0 aromatic carbocycles. The van der Waals surface area contributed by atoms with Crippen molar-refractivity contribution in [1.29, 1.82) is 0 Å². The van der Waals surface area contributed by atoms with Gasteiger partial charge in [0.25, 0.3) is 0 Å². The molecule has 0 aromatic rings. The van der Waals surface area contributed by atoms with Gasteiger partial charge in [-0.1, -0.05) is 20.8 Å². The predicted molar refractivity (Wildman–Crippen MR) is 45.0 cm³/mol. The first-order valence-corrected chi connectivity index (χ1v) is 3.07. The Kier molecular flexibility index (Phi) is 19.5. The first-order valence-electron chi connectivity index (χ1n) is 3.07. The van der Waals surface area contributed by atoms with E-state index in [0.717, 1.165) is 0 Å². The van der Waals surface area contributed by atoms with Gasteiger partial charge in [-0.15, -0.1) is 0 Å². The Morgan fingerprint density at radius 2 is 1.00 bits per heavy atom. The molecule has 9 heavy (non-hydrogen) atoms. The summed E-state index contributed by atoms with van der Waals surface area (Å²) in [4.78, 5) is 2.38. The Bertz CT molecular complexity index is 32.5. The maximum absolute atomic E-state index is 2.38. The van der Waals surface area contributed by atoms with Crippen molar-refractivity contribution in [3.8, 4) is 0 Å². The highest BCUT2D eigenvalue weighted by molar-refractivity contribution is 5.76. The molecule has 0 N–H and O–H groups in total. The van der Waals surface area contributed by atoms with Crippen LogP contribution in [0.1, 0.15) is 20.8 Å². The number of hydrogen-bond acceptors (Lipinski definition) is 1. The van der Waals surface area contributed by atoms with Gasteiger partial charge in [-0.3, -0.25) is 0 Å². The monoisotopic (exact) mass is 123 g/mol. The second kappa shape index (κ2) is 11.0. The van der Waals surface area contributed by atoms with E-state index in [1.165, 1.54) is 19.6 Å². The van der Waals surface area contributed by atoms with Gasteiger partial charge >= 0.3 is 0 Å². The summed E-state index contributed by atoms with van der Waals surface area (Å²) >= 11 is 0. The van der Waals surface area contributed by atoms with Crippen molar-refractivity contribution in [2.45, 2.75) is 20.8 Å². The molecule has 0 spiro atoms. The minimum absolute atomic E-state index is 0. The molecule has 0 fully saturated rings. The van der Waals surface area contributed by atoms with Crippen molar-refractivity contribution in [3.05, 3.63) is 0 Å². The molecule has 0 bridgehead atoms. The fourth-order valence-electron chi connectivity index (χ4n) is 0.671. The van der Waals surface area contributed by atoms with E-state index in [2.05, 4.69) is 25.7 Å². The van der Waals surface area contributed by atoms with E-state index in [9.17, 15) is 0 Å². The smallest absolute Gasteiger partial charge is 0 e. The molecule has 3 heteroatoms. The van der Waals surface area contributed by atoms with Crippen LogP contribution in [0.15, 0.2) is 0 Å². The molecule has 0 atom stereocenters. The largest absolute Gasteiger partial charge is 0.304 e. The minimum Gasteiger partial charge on any atom is -0.304 e. The molecule has 0 aliphatic carbocycles. The first-order chi connectivity index (χ1) is 3.35. The summed E-state index contributed by atoms with van der Waals surface area (Å²) in [5.74, 6) is 0. The van der Waals surface area contributed by atoms with Gasteiger partial charge in [-0.25, -0.2) is 0 Å². The van der Waals surface area contributed by atoms with Crippen molar-refractivity contribution in [3.63, 3.8) is 0 Å². The molecule has 0 aromatic heterocycles. The van der Waals surface area contributed by atoms with Crippen molar-refractivity contribution < 1.29 is 0 Å². The lowest BCUT2D eigenvalue weighted by atomic mass is 10.5. The predicted octanol–water partition coefficient (Wildman–Crippen LogP) is 0.586. The van der Waals surface area contributed by atoms with Gasteiger partial charge in [0.1, 0.15) is 0 Å². The van der Waals surface area contributed by atoms with E-state index in [0.29, 0.717) is 0 Å². The molecule has 1 nitrogen and oxygen atoms in total. The van der Waals surface area contributed by atoms with Crippen LogP contribution in [0.3, 0.4) is 0 Å². The molecular weight excluding hydrogens is 108 g/mol. The van der Waals surface area contributed by atoms with Gasteiger partial charge in [0, 0.05) is 16.8 Å². The van der Waals surface area contributed by atoms with Crippen molar-refractivity contribution in [2.75, 3.05) is 19.6 Å². The highest BCUT2D eigenvalue weighted by atomic mass is 15.1. The zero-order valence-electron chi connectivity index (χ0n) is 6.72. The maximum Gasteiger partial charge on any atom is 0 e. The molecule has 0 unspecified atom stereocenters. The van der Waals surface area contributed by atoms with Crippen LogP contribution in [-0.4, -0.2) is 41.4 Å². The van der Waals surface area contributed by atoms with Gasteiger partial charge in [-0.05, 0) is 19.6 Å².